The number of hydrogen-bond donors (Lipinski definition) is 0. The number of amides is 3. The molecule has 1 aromatic carbocycles. The lowest BCUT2D eigenvalue weighted by atomic mass is 10.1. The van der Waals surface area contributed by atoms with Crippen LogP contribution in [0.3, 0.4) is 0 Å². The third-order valence-electron chi connectivity index (χ3n) is 5.30. The van der Waals surface area contributed by atoms with Gasteiger partial charge in [0.1, 0.15) is 5.60 Å². The summed E-state index contributed by atoms with van der Waals surface area (Å²) in [6.07, 6.45) is -0.234. The number of carbonyl (C=O) groups is 4. The molecular formula is C21H24N2O7. The van der Waals surface area contributed by atoms with Crippen LogP contribution >= 0.6 is 0 Å². The summed E-state index contributed by atoms with van der Waals surface area (Å²) in [6.45, 7) is 6.48. The molecule has 30 heavy (non-hydrogen) atoms. The van der Waals surface area contributed by atoms with E-state index in [2.05, 4.69) is 0 Å². The summed E-state index contributed by atoms with van der Waals surface area (Å²) in [6, 6.07) is 6.32. The molecule has 2 aliphatic heterocycles. The van der Waals surface area contributed by atoms with E-state index in [4.69, 9.17) is 14.3 Å². The van der Waals surface area contributed by atoms with Crippen molar-refractivity contribution in [2.45, 2.75) is 38.9 Å². The van der Waals surface area contributed by atoms with E-state index in [1.807, 2.05) is 0 Å². The highest BCUT2D eigenvalue weighted by atomic mass is 16.7. The van der Waals surface area contributed by atoms with Gasteiger partial charge in [-0.05, 0) is 39.3 Å². The minimum atomic E-state index is -0.647. The summed E-state index contributed by atoms with van der Waals surface area (Å²) in [4.78, 5) is 56.2. The summed E-state index contributed by atoms with van der Waals surface area (Å²) in [5.74, 6) is -2.57. The highest BCUT2D eigenvalue weighted by molar-refractivity contribution is 6.20. The predicted molar refractivity (Wildman–Crippen MR) is 102 cm³/mol. The lowest BCUT2D eigenvalue weighted by Crippen LogP contribution is -2.48. The smallest absolute Gasteiger partial charge is 0.410 e. The first-order valence-corrected chi connectivity index (χ1v) is 9.95. The fourth-order valence-electron chi connectivity index (χ4n) is 3.73. The molecule has 1 aromatic rings. The zero-order valence-corrected chi connectivity index (χ0v) is 17.1. The van der Waals surface area contributed by atoms with Crippen molar-refractivity contribution >= 4 is 23.9 Å². The van der Waals surface area contributed by atoms with Crippen LogP contribution in [0.4, 0.5) is 4.79 Å². The molecule has 2 fully saturated rings. The molecule has 3 amide bonds. The van der Waals surface area contributed by atoms with Gasteiger partial charge < -0.3 is 19.2 Å². The van der Waals surface area contributed by atoms with Crippen molar-refractivity contribution in [3.05, 3.63) is 35.4 Å². The largest absolute Gasteiger partial charge is 0.444 e. The fourth-order valence-corrected chi connectivity index (χ4v) is 3.73. The van der Waals surface area contributed by atoms with Gasteiger partial charge in [-0.25, -0.2) is 9.59 Å². The molecule has 0 N–H and O–H groups in total. The normalized spacial score (nSPS) is 25.8. The van der Waals surface area contributed by atoms with Crippen LogP contribution in [-0.4, -0.2) is 65.2 Å². The first-order valence-electron chi connectivity index (χ1n) is 9.95. The Kier molecular flexibility index (Phi) is 5.01. The number of ether oxygens (including phenoxy) is 2. The third-order valence-corrected chi connectivity index (χ3v) is 5.30. The van der Waals surface area contributed by atoms with Crippen molar-refractivity contribution < 1.29 is 33.5 Å². The number of nitrogens with zero attached hydrogens (tertiary/aromatic N) is 2. The topological polar surface area (TPSA) is 102 Å². The van der Waals surface area contributed by atoms with E-state index in [9.17, 15) is 19.2 Å². The standard InChI is InChI=1S/C21H24N2O7/c1-21(2,3)29-20(27)22-8-9-28-16(11-22)14-10-15(14)19(26)30-23-17(24)12-6-4-5-7-13(12)18(23)25/h4-7,14-16H,8-11H2,1-3H3. The Hall–Kier alpha value is -2.94. The average Bonchev–Trinajstić information content (AvgIpc) is 3.47. The maximum atomic E-state index is 12.5. The van der Waals surface area contributed by atoms with Crippen molar-refractivity contribution in [2.24, 2.45) is 11.8 Å². The molecule has 2 heterocycles. The van der Waals surface area contributed by atoms with Crippen molar-refractivity contribution in [2.75, 3.05) is 19.7 Å². The van der Waals surface area contributed by atoms with Gasteiger partial charge >= 0.3 is 12.1 Å². The molecule has 4 rings (SSSR count). The van der Waals surface area contributed by atoms with Gasteiger partial charge in [-0.15, -0.1) is 0 Å². The van der Waals surface area contributed by atoms with Gasteiger partial charge in [-0.3, -0.25) is 9.59 Å². The van der Waals surface area contributed by atoms with Crippen molar-refractivity contribution in [3.8, 4) is 0 Å². The highest BCUT2D eigenvalue weighted by Gasteiger charge is 2.52. The van der Waals surface area contributed by atoms with Gasteiger partial charge in [0.05, 0.1) is 36.3 Å². The predicted octanol–water partition coefficient (Wildman–Crippen LogP) is 2.01. The first kappa shape index (κ1) is 20.3. The van der Waals surface area contributed by atoms with E-state index in [0.29, 0.717) is 31.2 Å². The Labute approximate surface area is 173 Å². The molecule has 9 heteroatoms. The van der Waals surface area contributed by atoms with Gasteiger partial charge in [-0.1, -0.05) is 17.2 Å². The second-order valence-corrected chi connectivity index (χ2v) is 8.70. The molecular weight excluding hydrogens is 392 g/mol. The Bertz CT molecular complexity index is 872. The van der Waals surface area contributed by atoms with Gasteiger partial charge in [0, 0.05) is 12.5 Å². The molecule has 1 aliphatic carbocycles. The van der Waals surface area contributed by atoms with Crippen LogP contribution in [0.2, 0.25) is 0 Å². The van der Waals surface area contributed by atoms with Crippen molar-refractivity contribution in [1.29, 1.82) is 0 Å². The Morgan fingerprint density at radius 2 is 1.73 bits per heavy atom. The summed E-state index contributed by atoms with van der Waals surface area (Å²) < 4.78 is 11.2. The van der Waals surface area contributed by atoms with Crippen LogP contribution in [-0.2, 0) is 19.1 Å². The van der Waals surface area contributed by atoms with E-state index in [1.54, 1.807) is 37.8 Å². The molecule has 0 bridgehead atoms. The molecule has 3 unspecified atom stereocenters. The number of morpholine rings is 1. The van der Waals surface area contributed by atoms with Crippen LogP contribution in [0.1, 0.15) is 47.9 Å². The van der Waals surface area contributed by atoms with Crippen LogP contribution < -0.4 is 0 Å². The molecule has 3 atom stereocenters. The fraction of sp³-hybridized carbons (Fsp3) is 0.524. The number of imide groups is 1. The lowest BCUT2D eigenvalue weighted by molar-refractivity contribution is -0.171. The Morgan fingerprint density at radius 3 is 2.33 bits per heavy atom. The zero-order chi connectivity index (χ0) is 21.6. The number of hydrogen-bond acceptors (Lipinski definition) is 7. The number of hydroxylamine groups is 2. The molecule has 1 saturated heterocycles. The van der Waals surface area contributed by atoms with Gasteiger partial charge in [-0.2, -0.15) is 0 Å². The average molecular weight is 416 g/mol. The van der Waals surface area contributed by atoms with Gasteiger partial charge in [0.15, 0.2) is 0 Å². The van der Waals surface area contributed by atoms with E-state index < -0.39 is 35.4 Å². The van der Waals surface area contributed by atoms with Crippen LogP contribution in [0.25, 0.3) is 0 Å². The Balaban J connectivity index is 1.33. The highest BCUT2D eigenvalue weighted by Crippen LogP contribution is 2.44. The van der Waals surface area contributed by atoms with Crippen LogP contribution in [0, 0.1) is 11.8 Å². The minimum Gasteiger partial charge on any atom is -0.444 e. The zero-order valence-electron chi connectivity index (χ0n) is 17.1. The molecule has 9 nitrogen and oxygen atoms in total. The SMILES string of the molecule is CC(C)(C)OC(=O)N1CCOC(C2CC2C(=O)ON2C(=O)c3ccccc3C2=O)C1. The molecule has 0 aromatic heterocycles. The third kappa shape index (κ3) is 3.89. The second-order valence-electron chi connectivity index (χ2n) is 8.70. The Morgan fingerprint density at radius 1 is 1.10 bits per heavy atom. The van der Waals surface area contributed by atoms with Crippen molar-refractivity contribution in [1.82, 2.24) is 9.96 Å². The monoisotopic (exact) mass is 416 g/mol. The molecule has 1 saturated carbocycles. The van der Waals surface area contributed by atoms with Gasteiger partial charge in [0.25, 0.3) is 11.8 Å². The molecule has 3 aliphatic rings. The molecule has 160 valence electrons. The van der Waals surface area contributed by atoms with E-state index >= 15 is 0 Å². The quantitative estimate of drug-likeness (QED) is 0.695. The first-order chi connectivity index (χ1) is 14.2. The van der Waals surface area contributed by atoms with Crippen molar-refractivity contribution in [3.63, 3.8) is 0 Å². The van der Waals surface area contributed by atoms with E-state index in [1.165, 1.54) is 12.1 Å². The molecule has 0 spiro atoms. The summed E-state index contributed by atoms with van der Waals surface area (Å²) >= 11 is 0. The maximum Gasteiger partial charge on any atom is 0.410 e. The van der Waals surface area contributed by atoms with Crippen LogP contribution in [0.15, 0.2) is 24.3 Å². The van der Waals surface area contributed by atoms with Gasteiger partial charge in [0.2, 0.25) is 0 Å². The van der Waals surface area contributed by atoms with Crippen LogP contribution in [0.5, 0.6) is 0 Å². The molecule has 0 radical (unpaired) electrons. The minimum absolute atomic E-state index is 0.141. The number of carbonyl (C=O) groups excluding carboxylic acids is 4. The maximum absolute atomic E-state index is 12.5. The summed E-state index contributed by atoms with van der Waals surface area (Å²) in [5, 5.41) is 0.525. The summed E-state index contributed by atoms with van der Waals surface area (Å²) in [5.41, 5.74) is -0.166. The summed E-state index contributed by atoms with van der Waals surface area (Å²) in [7, 11) is 0. The van der Waals surface area contributed by atoms with E-state index in [0.717, 1.165) is 0 Å². The number of fused-ring (bicyclic) bond motifs is 1. The lowest BCUT2D eigenvalue weighted by Gasteiger charge is -2.34. The number of rotatable bonds is 3. The van der Waals surface area contributed by atoms with E-state index in [-0.39, 0.29) is 23.1 Å². The second kappa shape index (κ2) is 7.39. The number of benzene rings is 1.